The van der Waals surface area contributed by atoms with Gasteiger partial charge in [0.25, 0.3) is 0 Å². The van der Waals surface area contributed by atoms with Gasteiger partial charge in [-0.3, -0.25) is 4.79 Å². The third-order valence-electron chi connectivity index (χ3n) is 4.19. The van der Waals surface area contributed by atoms with Crippen molar-refractivity contribution in [1.29, 1.82) is 0 Å². The second-order valence-corrected chi connectivity index (χ2v) is 7.07. The van der Waals surface area contributed by atoms with Gasteiger partial charge < -0.3 is 30.1 Å². The first-order valence-electron chi connectivity index (χ1n) is 9.00. The number of primary amides is 1. The summed E-state index contributed by atoms with van der Waals surface area (Å²) in [6, 6.07) is 30.4. The van der Waals surface area contributed by atoms with Gasteiger partial charge in [-0.1, -0.05) is 84.9 Å². The van der Waals surface area contributed by atoms with Crippen molar-refractivity contribution in [2.45, 2.75) is 0 Å². The highest BCUT2D eigenvalue weighted by Crippen LogP contribution is 2.41. The second-order valence-electron chi connectivity index (χ2n) is 6.18. The summed E-state index contributed by atoms with van der Waals surface area (Å²) in [7, 11) is -5.39. The Hall–Kier alpha value is -3.48. The van der Waals surface area contributed by atoms with Crippen LogP contribution in [0.2, 0.25) is 0 Å². The number of aromatic hydroxyl groups is 1. The molecule has 0 radical (unpaired) electrons. The first-order valence-corrected chi connectivity index (χ1v) is 10.5. The number of phenolic OH excluding ortho intramolecular Hbond substituents is 1. The van der Waals surface area contributed by atoms with Gasteiger partial charge in [0, 0.05) is 5.56 Å². The van der Waals surface area contributed by atoms with Gasteiger partial charge in [0.15, 0.2) is 0 Å². The van der Waals surface area contributed by atoms with Gasteiger partial charge >= 0.3 is 0 Å². The Balaban J connectivity index is 0.000000371. The molecular formula is C23H19NO6P-3. The lowest BCUT2D eigenvalue weighted by Gasteiger charge is -2.36. The summed E-state index contributed by atoms with van der Waals surface area (Å²) < 4.78 is 8.55. The van der Waals surface area contributed by atoms with Gasteiger partial charge in [-0.15, -0.1) is 0 Å². The van der Waals surface area contributed by atoms with Crippen LogP contribution in [0.3, 0.4) is 0 Å². The molecule has 0 heterocycles. The molecule has 1 amide bonds. The molecule has 4 aromatic rings. The molecule has 160 valence electrons. The minimum atomic E-state index is -5.39. The SMILES string of the molecule is NC=O.O=P([O-])([O-])[O-].Oc1cccc(-c2ccccc2)c1-c1cccc2ccccc12. The molecule has 0 saturated heterocycles. The summed E-state index contributed by atoms with van der Waals surface area (Å²) in [6.07, 6.45) is 0.250. The largest absolute Gasteiger partial charge is 0.822 e. The maximum absolute atomic E-state index is 10.6. The highest BCUT2D eigenvalue weighted by Gasteiger charge is 2.14. The number of nitrogens with two attached hydrogens (primary N) is 1. The predicted octanol–water partition coefficient (Wildman–Crippen LogP) is 2.16. The number of benzene rings is 4. The average Bonchev–Trinajstić information content (AvgIpc) is 2.73. The van der Waals surface area contributed by atoms with Crippen LogP contribution in [-0.2, 0) is 9.36 Å². The minimum absolute atomic E-state index is 0.250. The summed E-state index contributed by atoms with van der Waals surface area (Å²) in [6.45, 7) is 0. The number of hydrogen-bond donors (Lipinski definition) is 2. The Morgan fingerprint density at radius 1 is 0.742 bits per heavy atom. The summed E-state index contributed by atoms with van der Waals surface area (Å²) in [5, 5.41) is 12.9. The van der Waals surface area contributed by atoms with Crippen LogP contribution in [0.25, 0.3) is 33.0 Å². The summed E-state index contributed by atoms with van der Waals surface area (Å²) in [4.78, 5) is 34.2. The number of phenols is 1. The predicted molar refractivity (Wildman–Crippen MR) is 114 cm³/mol. The Kier molecular flexibility index (Phi) is 8.49. The van der Waals surface area contributed by atoms with Crippen LogP contribution in [0.5, 0.6) is 5.75 Å². The van der Waals surface area contributed by atoms with Crippen molar-refractivity contribution < 1.29 is 29.1 Å². The summed E-state index contributed by atoms with van der Waals surface area (Å²) in [5.41, 5.74) is 8.25. The zero-order chi connectivity index (χ0) is 22.9. The van der Waals surface area contributed by atoms with E-state index in [2.05, 4.69) is 48.2 Å². The van der Waals surface area contributed by atoms with Gasteiger partial charge in [0.1, 0.15) is 5.75 Å². The molecule has 0 unspecified atom stereocenters. The highest BCUT2D eigenvalue weighted by atomic mass is 31.2. The number of phosphoric acid groups is 1. The van der Waals surface area contributed by atoms with Crippen LogP contribution in [0, 0.1) is 0 Å². The van der Waals surface area contributed by atoms with Crippen molar-refractivity contribution in [3.05, 3.63) is 91.0 Å². The molecule has 4 aromatic carbocycles. The van der Waals surface area contributed by atoms with Crippen molar-refractivity contribution >= 4 is 25.0 Å². The fraction of sp³-hybridized carbons (Fsp3) is 0. The maximum Gasteiger partial charge on any atom is 0.204 e. The highest BCUT2D eigenvalue weighted by molar-refractivity contribution is 7.40. The van der Waals surface area contributed by atoms with Crippen LogP contribution in [0.4, 0.5) is 0 Å². The molecule has 8 heteroatoms. The minimum Gasteiger partial charge on any atom is -0.822 e. The normalized spacial score (nSPS) is 10.3. The van der Waals surface area contributed by atoms with E-state index in [0.717, 1.165) is 27.6 Å². The van der Waals surface area contributed by atoms with Gasteiger partial charge in [-0.2, -0.15) is 7.82 Å². The van der Waals surface area contributed by atoms with Crippen LogP contribution in [-0.4, -0.2) is 11.5 Å². The Morgan fingerprint density at radius 3 is 1.87 bits per heavy atom. The smallest absolute Gasteiger partial charge is 0.204 e. The first kappa shape index (κ1) is 23.8. The quantitative estimate of drug-likeness (QED) is 0.363. The number of hydrogen-bond acceptors (Lipinski definition) is 6. The van der Waals surface area contributed by atoms with E-state index in [4.69, 9.17) is 24.0 Å². The molecule has 4 rings (SSSR count). The fourth-order valence-electron chi connectivity index (χ4n) is 3.12. The maximum atomic E-state index is 10.6. The van der Waals surface area contributed by atoms with Gasteiger partial charge in [0.05, 0.1) is 0 Å². The number of carbonyl (C=O) groups is 1. The molecular weight excluding hydrogens is 417 g/mol. The van der Waals surface area contributed by atoms with Crippen molar-refractivity contribution in [2.24, 2.45) is 5.73 Å². The van der Waals surface area contributed by atoms with Gasteiger partial charge in [-0.25, -0.2) is 0 Å². The van der Waals surface area contributed by atoms with E-state index < -0.39 is 7.82 Å². The lowest BCUT2D eigenvalue weighted by Crippen LogP contribution is -2.24. The standard InChI is InChI=1S/C22H16O.CH3NO.H3O4P/c23-21-15-7-13-19(17-8-2-1-3-9-17)22(21)20-14-6-11-16-10-4-5-12-18(16)20;2-1-3;1-5(2,3)4/h1-15,23H;1H,(H2,2,3);(H3,1,2,3,4)/p-3. The average molecular weight is 436 g/mol. The van der Waals surface area contributed by atoms with Gasteiger partial charge in [-0.05, 0) is 33.5 Å². The van der Waals surface area contributed by atoms with Crippen LogP contribution >= 0.6 is 7.82 Å². The topological polar surface area (TPSA) is 150 Å². The monoisotopic (exact) mass is 436 g/mol. The lowest BCUT2D eigenvalue weighted by molar-refractivity contribution is -0.432. The van der Waals surface area contributed by atoms with Gasteiger partial charge in [0.2, 0.25) is 6.41 Å². The first-order chi connectivity index (χ1) is 14.8. The van der Waals surface area contributed by atoms with Crippen LogP contribution < -0.4 is 20.4 Å². The number of carbonyl (C=O) groups excluding carboxylic acids is 1. The molecule has 3 N–H and O–H groups in total. The molecule has 0 aromatic heterocycles. The Morgan fingerprint density at radius 2 is 1.23 bits per heavy atom. The number of rotatable bonds is 2. The molecule has 0 aliphatic rings. The van der Waals surface area contributed by atoms with Crippen LogP contribution in [0.15, 0.2) is 91.0 Å². The molecule has 0 saturated carbocycles. The van der Waals surface area contributed by atoms with E-state index in [1.165, 1.54) is 5.39 Å². The summed E-state index contributed by atoms with van der Waals surface area (Å²) in [5.74, 6) is 0.308. The fourth-order valence-corrected chi connectivity index (χ4v) is 3.12. The van der Waals surface area contributed by atoms with Crippen LogP contribution in [0.1, 0.15) is 0 Å². The molecule has 0 atom stereocenters. The Labute approximate surface area is 179 Å². The molecule has 0 spiro atoms. The number of fused-ring (bicyclic) bond motifs is 1. The second kappa shape index (κ2) is 11.1. The van der Waals surface area contributed by atoms with Crippen molar-refractivity contribution in [3.63, 3.8) is 0 Å². The molecule has 0 aliphatic carbocycles. The molecule has 7 nitrogen and oxygen atoms in total. The van der Waals surface area contributed by atoms with E-state index in [1.807, 2.05) is 42.5 Å². The molecule has 0 bridgehead atoms. The molecule has 0 aliphatic heterocycles. The third-order valence-corrected chi connectivity index (χ3v) is 4.19. The van der Waals surface area contributed by atoms with E-state index in [-0.39, 0.29) is 6.41 Å². The third kappa shape index (κ3) is 7.06. The van der Waals surface area contributed by atoms with Crippen molar-refractivity contribution in [1.82, 2.24) is 0 Å². The van der Waals surface area contributed by atoms with E-state index in [9.17, 15) is 5.11 Å². The van der Waals surface area contributed by atoms with E-state index >= 15 is 0 Å². The lowest BCUT2D eigenvalue weighted by atomic mass is 9.91. The Bertz CT molecular complexity index is 1180. The zero-order valence-electron chi connectivity index (χ0n) is 16.3. The number of amides is 1. The molecule has 0 fully saturated rings. The zero-order valence-corrected chi connectivity index (χ0v) is 17.1. The molecule has 31 heavy (non-hydrogen) atoms. The summed E-state index contributed by atoms with van der Waals surface area (Å²) >= 11 is 0. The van der Waals surface area contributed by atoms with Crippen molar-refractivity contribution in [3.8, 4) is 28.0 Å². The van der Waals surface area contributed by atoms with Crippen molar-refractivity contribution in [2.75, 3.05) is 0 Å². The van der Waals surface area contributed by atoms with E-state index in [1.54, 1.807) is 6.07 Å². The van der Waals surface area contributed by atoms with E-state index in [0.29, 0.717) is 5.75 Å².